The highest BCUT2D eigenvalue weighted by atomic mass is 32.1. The number of aromatic nitrogens is 1. The van der Waals surface area contributed by atoms with Crippen molar-refractivity contribution in [2.45, 2.75) is 13.3 Å². The number of aliphatic hydroxyl groups excluding tert-OH is 1. The largest absolute Gasteiger partial charge is 0.384 e. The predicted octanol–water partition coefficient (Wildman–Crippen LogP) is 1.83. The molecule has 0 aliphatic carbocycles. The minimum Gasteiger partial charge on any atom is -0.384 e. The molecule has 0 unspecified atom stereocenters. The minimum atomic E-state index is -0.174. The molecule has 0 radical (unpaired) electrons. The Bertz CT molecular complexity index is 649. The summed E-state index contributed by atoms with van der Waals surface area (Å²) in [5.41, 5.74) is 1.02. The van der Waals surface area contributed by atoms with Crippen molar-refractivity contribution in [1.29, 1.82) is 0 Å². The molecule has 2 aromatic rings. The summed E-state index contributed by atoms with van der Waals surface area (Å²) in [6, 6.07) is 3.53. The van der Waals surface area contributed by atoms with Gasteiger partial charge in [0.15, 0.2) is 0 Å². The van der Waals surface area contributed by atoms with Gasteiger partial charge in [-0.1, -0.05) is 11.8 Å². The Kier molecular flexibility index (Phi) is 5.30. The molecule has 0 aliphatic rings. The molecule has 0 aliphatic heterocycles. The van der Waals surface area contributed by atoms with Crippen molar-refractivity contribution in [2.75, 3.05) is 13.2 Å². The Labute approximate surface area is 125 Å². The fourth-order valence-corrected chi connectivity index (χ4v) is 3.11. The second kappa shape index (κ2) is 7.20. The second-order valence-electron chi connectivity index (χ2n) is 4.01. The predicted molar refractivity (Wildman–Crippen MR) is 81.2 cm³/mol. The average Bonchev–Trinajstić information content (AvgIpc) is 3.05. The third kappa shape index (κ3) is 4.17. The number of hydrogen-bond donors (Lipinski definition) is 2. The van der Waals surface area contributed by atoms with Crippen LogP contribution in [-0.4, -0.2) is 29.1 Å². The van der Waals surface area contributed by atoms with E-state index in [0.717, 1.165) is 22.0 Å². The summed E-state index contributed by atoms with van der Waals surface area (Å²) in [6.45, 7) is 2.35. The standard InChI is InChI=1S/C14H14N2O2S2/c1-10-9-19-13(16-10)6-7-15-14(18)12-5-4-11(20-12)3-2-8-17/h4-5,9,17H,6-8H2,1H3,(H,15,18). The molecule has 1 amide bonds. The first-order valence-electron chi connectivity index (χ1n) is 6.08. The van der Waals surface area contributed by atoms with Crippen LogP contribution in [-0.2, 0) is 6.42 Å². The van der Waals surface area contributed by atoms with Gasteiger partial charge in [-0.15, -0.1) is 22.7 Å². The quantitative estimate of drug-likeness (QED) is 0.847. The van der Waals surface area contributed by atoms with E-state index in [4.69, 9.17) is 5.11 Å². The first kappa shape index (κ1) is 14.7. The number of nitrogens with zero attached hydrogens (tertiary/aromatic N) is 1. The monoisotopic (exact) mass is 306 g/mol. The van der Waals surface area contributed by atoms with Crippen molar-refractivity contribution >= 4 is 28.6 Å². The lowest BCUT2D eigenvalue weighted by Gasteiger charge is -2.01. The third-order valence-corrected chi connectivity index (χ3v) is 4.44. The number of rotatable bonds is 4. The van der Waals surface area contributed by atoms with Gasteiger partial charge in [0, 0.05) is 24.0 Å². The molecule has 0 saturated carbocycles. The number of aliphatic hydroxyl groups is 1. The molecule has 0 saturated heterocycles. The van der Waals surface area contributed by atoms with Crippen molar-refractivity contribution in [3.05, 3.63) is 38.0 Å². The number of amides is 1. The summed E-state index contributed by atoms with van der Waals surface area (Å²) in [5.74, 6) is 5.25. The summed E-state index contributed by atoms with van der Waals surface area (Å²) < 4.78 is 0. The van der Waals surface area contributed by atoms with Gasteiger partial charge in [-0.05, 0) is 19.1 Å². The van der Waals surface area contributed by atoms with E-state index >= 15 is 0 Å². The van der Waals surface area contributed by atoms with Crippen LogP contribution in [0.25, 0.3) is 0 Å². The van der Waals surface area contributed by atoms with Crippen LogP contribution in [0.1, 0.15) is 25.3 Å². The van der Waals surface area contributed by atoms with Crippen LogP contribution in [0.15, 0.2) is 17.5 Å². The Morgan fingerprint density at radius 2 is 2.35 bits per heavy atom. The Balaban J connectivity index is 1.84. The summed E-state index contributed by atoms with van der Waals surface area (Å²) in [6.07, 6.45) is 0.743. The smallest absolute Gasteiger partial charge is 0.261 e. The highest BCUT2D eigenvalue weighted by Gasteiger charge is 2.08. The van der Waals surface area contributed by atoms with E-state index in [1.54, 1.807) is 23.5 Å². The van der Waals surface area contributed by atoms with Gasteiger partial charge in [0.1, 0.15) is 6.61 Å². The van der Waals surface area contributed by atoms with Crippen molar-refractivity contribution in [2.24, 2.45) is 0 Å². The lowest BCUT2D eigenvalue weighted by atomic mass is 10.4. The molecule has 0 fully saturated rings. The molecule has 20 heavy (non-hydrogen) atoms. The lowest BCUT2D eigenvalue weighted by molar-refractivity contribution is 0.0958. The maximum atomic E-state index is 11.9. The van der Waals surface area contributed by atoms with Crippen LogP contribution in [0.3, 0.4) is 0 Å². The number of thiophene rings is 1. The van der Waals surface area contributed by atoms with Crippen molar-refractivity contribution in [3.8, 4) is 11.8 Å². The van der Waals surface area contributed by atoms with Crippen LogP contribution in [0.2, 0.25) is 0 Å². The zero-order chi connectivity index (χ0) is 14.4. The van der Waals surface area contributed by atoms with E-state index in [2.05, 4.69) is 22.1 Å². The van der Waals surface area contributed by atoms with E-state index in [9.17, 15) is 4.79 Å². The van der Waals surface area contributed by atoms with Gasteiger partial charge in [0.2, 0.25) is 0 Å². The Hall–Kier alpha value is -1.68. The van der Waals surface area contributed by atoms with Gasteiger partial charge in [0.25, 0.3) is 5.91 Å². The van der Waals surface area contributed by atoms with Crippen molar-refractivity contribution < 1.29 is 9.90 Å². The molecular formula is C14H14N2O2S2. The van der Waals surface area contributed by atoms with Gasteiger partial charge in [0.05, 0.1) is 14.8 Å². The summed E-state index contributed by atoms with van der Waals surface area (Å²) >= 11 is 2.93. The van der Waals surface area contributed by atoms with Gasteiger partial charge in [-0.2, -0.15) is 0 Å². The molecule has 0 atom stereocenters. The van der Waals surface area contributed by atoms with E-state index in [0.29, 0.717) is 11.4 Å². The normalized spacial score (nSPS) is 9.90. The first-order chi connectivity index (χ1) is 9.69. The second-order valence-corrected chi connectivity index (χ2v) is 6.04. The molecule has 4 nitrogen and oxygen atoms in total. The van der Waals surface area contributed by atoms with Crippen LogP contribution < -0.4 is 5.32 Å². The van der Waals surface area contributed by atoms with E-state index < -0.39 is 0 Å². The van der Waals surface area contributed by atoms with Gasteiger partial charge in [-0.3, -0.25) is 4.79 Å². The molecule has 2 heterocycles. The molecule has 2 aromatic heterocycles. The molecule has 6 heteroatoms. The molecule has 104 valence electrons. The Morgan fingerprint density at radius 3 is 3.05 bits per heavy atom. The topological polar surface area (TPSA) is 62.2 Å². The zero-order valence-electron chi connectivity index (χ0n) is 11.0. The summed E-state index contributed by atoms with van der Waals surface area (Å²) in [4.78, 5) is 17.7. The molecule has 0 spiro atoms. The maximum absolute atomic E-state index is 11.9. The van der Waals surface area contributed by atoms with Crippen LogP contribution in [0.5, 0.6) is 0 Å². The fourth-order valence-electron chi connectivity index (χ4n) is 1.54. The van der Waals surface area contributed by atoms with Gasteiger partial charge in [-0.25, -0.2) is 4.98 Å². The lowest BCUT2D eigenvalue weighted by Crippen LogP contribution is -2.24. The molecule has 2 rings (SSSR count). The average molecular weight is 306 g/mol. The maximum Gasteiger partial charge on any atom is 0.261 e. The summed E-state index contributed by atoms with van der Waals surface area (Å²) in [5, 5.41) is 14.5. The number of thiazole rings is 1. The van der Waals surface area contributed by atoms with Gasteiger partial charge >= 0.3 is 0 Å². The number of aryl methyl sites for hydroxylation is 1. The zero-order valence-corrected chi connectivity index (χ0v) is 12.6. The first-order valence-corrected chi connectivity index (χ1v) is 7.77. The van der Waals surface area contributed by atoms with E-state index in [1.807, 2.05) is 12.3 Å². The van der Waals surface area contributed by atoms with E-state index in [-0.39, 0.29) is 12.5 Å². The van der Waals surface area contributed by atoms with Gasteiger partial charge < -0.3 is 10.4 Å². The number of carbonyl (C=O) groups is 1. The van der Waals surface area contributed by atoms with Crippen LogP contribution in [0, 0.1) is 18.8 Å². The number of hydrogen-bond acceptors (Lipinski definition) is 5. The molecule has 2 N–H and O–H groups in total. The number of nitrogens with one attached hydrogen (secondary N) is 1. The number of carbonyl (C=O) groups excluding carboxylic acids is 1. The highest BCUT2D eigenvalue weighted by Crippen LogP contribution is 2.15. The van der Waals surface area contributed by atoms with Crippen LogP contribution in [0.4, 0.5) is 0 Å². The van der Waals surface area contributed by atoms with Crippen molar-refractivity contribution in [3.63, 3.8) is 0 Å². The minimum absolute atomic E-state index is 0.0969. The Morgan fingerprint density at radius 1 is 1.50 bits per heavy atom. The molecule has 0 aromatic carbocycles. The van der Waals surface area contributed by atoms with Crippen LogP contribution >= 0.6 is 22.7 Å². The SMILES string of the molecule is Cc1csc(CCNC(=O)c2ccc(C#CCO)s2)n1. The fraction of sp³-hybridized carbons (Fsp3) is 0.286. The van der Waals surface area contributed by atoms with Crippen molar-refractivity contribution in [1.82, 2.24) is 10.3 Å². The van der Waals surface area contributed by atoms with E-state index in [1.165, 1.54) is 11.3 Å². The summed E-state index contributed by atoms with van der Waals surface area (Å²) in [7, 11) is 0. The third-order valence-electron chi connectivity index (χ3n) is 2.41. The molecular weight excluding hydrogens is 292 g/mol. The molecule has 0 bridgehead atoms. The highest BCUT2D eigenvalue weighted by molar-refractivity contribution is 7.14.